The van der Waals surface area contributed by atoms with Gasteiger partial charge in [0.05, 0.1) is 18.6 Å². The van der Waals surface area contributed by atoms with E-state index in [0.29, 0.717) is 6.04 Å². The molecular formula is C15H20N4O. The van der Waals surface area contributed by atoms with Crippen molar-refractivity contribution in [3.8, 4) is 11.5 Å². The Kier molecular flexibility index (Phi) is 3.97. The Morgan fingerprint density at radius 2 is 2.30 bits per heavy atom. The molecule has 20 heavy (non-hydrogen) atoms. The molecular weight excluding hydrogens is 252 g/mol. The molecule has 2 aromatic rings. The quantitative estimate of drug-likeness (QED) is 0.842. The first kappa shape index (κ1) is 13.1. The first-order valence-electron chi connectivity index (χ1n) is 7.21. The van der Waals surface area contributed by atoms with Gasteiger partial charge in [-0.05, 0) is 25.3 Å². The van der Waals surface area contributed by atoms with E-state index < -0.39 is 0 Å². The third-order valence-corrected chi connectivity index (χ3v) is 3.32. The molecule has 0 aliphatic heterocycles. The van der Waals surface area contributed by atoms with Crippen LogP contribution in [0.1, 0.15) is 31.7 Å². The minimum absolute atomic E-state index is 0.684. The maximum Gasteiger partial charge on any atom is 0.165 e. The number of nitrogens with zero attached hydrogens (tertiary/aromatic N) is 3. The number of hydrogen-bond acceptors (Lipinski definition) is 4. The second-order valence-corrected chi connectivity index (χ2v) is 5.18. The van der Waals surface area contributed by atoms with E-state index in [4.69, 9.17) is 4.74 Å². The Hall–Kier alpha value is -1.88. The predicted molar refractivity (Wildman–Crippen MR) is 76.7 cm³/mol. The molecule has 0 radical (unpaired) electrons. The molecule has 5 heteroatoms. The summed E-state index contributed by atoms with van der Waals surface area (Å²) in [6.45, 7) is 3.86. The zero-order chi connectivity index (χ0) is 13.8. The summed E-state index contributed by atoms with van der Waals surface area (Å²) in [7, 11) is 0. The molecule has 5 nitrogen and oxygen atoms in total. The number of nitrogens with one attached hydrogen (secondary N) is 1. The summed E-state index contributed by atoms with van der Waals surface area (Å²) in [4.78, 5) is 4.15. The normalized spacial score (nSPS) is 14.4. The van der Waals surface area contributed by atoms with Gasteiger partial charge in [-0.25, -0.2) is 0 Å². The zero-order valence-electron chi connectivity index (χ0n) is 11.7. The van der Waals surface area contributed by atoms with Crippen LogP contribution in [0.25, 0.3) is 0 Å². The summed E-state index contributed by atoms with van der Waals surface area (Å²) in [5.74, 6) is 1.57. The zero-order valence-corrected chi connectivity index (χ0v) is 11.7. The Morgan fingerprint density at radius 3 is 3.10 bits per heavy atom. The van der Waals surface area contributed by atoms with E-state index in [9.17, 15) is 0 Å². The molecule has 3 rings (SSSR count). The number of aryl methyl sites for hydroxylation is 1. The van der Waals surface area contributed by atoms with Gasteiger partial charge in [0.25, 0.3) is 0 Å². The topological polar surface area (TPSA) is 52.0 Å². The molecule has 0 unspecified atom stereocenters. The number of pyridine rings is 1. The van der Waals surface area contributed by atoms with Gasteiger partial charge in [-0.15, -0.1) is 0 Å². The average molecular weight is 272 g/mol. The third-order valence-electron chi connectivity index (χ3n) is 3.32. The smallest absolute Gasteiger partial charge is 0.165 e. The van der Waals surface area contributed by atoms with Crippen LogP contribution >= 0.6 is 0 Å². The highest BCUT2D eigenvalue weighted by Crippen LogP contribution is 2.25. The van der Waals surface area contributed by atoms with Crippen LogP contribution in [-0.2, 0) is 13.1 Å². The van der Waals surface area contributed by atoms with E-state index in [1.54, 1.807) is 18.6 Å². The molecule has 2 heterocycles. The summed E-state index contributed by atoms with van der Waals surface area (Å²) in [6, 6.07) is 2.68. The second kappa shape index (κ2) is 6.05. The van der Waals surface area contributed by atoms with E-state index >= 15 is 0 Å². The van der Waals surface area contributed by atoms with Crippen LogP contribution in [-0.4, -0.2) is 20.8 Å². The molecule has 0 saturated heterocycles. The van der Waals surface area contributed by atoms with Crippen LogP contribution in [0.2, 0.25) is 0 Å². The van der Waals surface area contributed by atoms with Gasteiger partial charge in [0.2, 0.25) is 0 Å². The minimum Gasteiger partial charge on any atom is -0.452 e. The predicted octanol–water partition coefficient (Wildman–Crippen LogP) is 2.73. The van der Waals surface area contributed by atoms with Crippen LogP contribution in [0.3, 0.4) is 0 Å². The minimum atomic E-state index is 0.684. The Labute approximate surface area is 119 Å². The van der Waals surface area contributed by atoms with Crippen molar-refractivity contribution in [3.05, 3.63) is 36.4 Å². The van der Waals surface area contributed by atoms with Gasteiger partial charge in [0, 0.05) is 30.9 Å². The molecule has 2 aromatic heterocycles. The van der Waals surface area contributed by atoms with Gasteiger partial charge in [-0.1, -0.05) is 6.92 Å². The molecule has 0 spiro atoms. The van der Waals surface area contributed by atoms with Crippen molar-refractivity contribution in [2.75, 3.05) is 0 Å². The first-order valence-corrected chi connectivity index (χ1v) is 7.21. The number of aromatic nitrogens is 3. The van der Waals surface area contributed by atoms with Gasteiger partial charge in [0.1, 0.15) is 5.75 Å². The Bertz CT molecular complexity index is 563. The van der Waals surface area contributed by atoms with Crippen molar-refractivity contribution in [3.63, 3.8) is 0 Å². The van der Waals surface area contributed by atoms with Crippen molar-refractivity contribution in [2.24, 2.45) is 0 Å². The standard InChI is InChI=1S/C15H20N4O/c1-2-7-19-11-14(9-18-19)20-15-10-16-6-5-12(15)8-17-13-3-4-13/h5-6,9-11,13,17H,2-4,7-8H2,1H3. The van der Waals surface area contributed by atoms with Crippen LogP contribution < -0.4 is 10.1 Å². The highest BCUT2D eigenvalue weighted by atomic mass is 16.5. The fourth-order valence-corrected chi connectivity index (χ4v) is 2.06. The van der Waals surface area contributed by atoms with Gasteiger partial charge in [0.15, 0.2) is 5.75 Å². The number of hydrogen-bond donors (Lipinski definition) is 1. The summed E-state index contributed by atoms with van der Waals surface area (Å²) in [5, 5.41) is 7.77. The van der Waals surface area contributed by atoms with Crippen LogP contribution in [0.4, 0.5) is 0 Å². The maximum absolute atomic E-state index is 5.90. The highest BCUT2D eigenvalue weighted by molar-refractivity contribution is 5.34. The van der Waals surface area contributed by atoms with E-state index in [0.717, 1.165) is 36.6 Å². The van der Waals surface area contributed by atoms with Crippen molar-refractivity contribution >= 4 is 0 Å². The molecule has 0 atom stereocenters. The van der Waals surface area contributed by atoms with Gasteiger partial charge in [-0.2, -0.15) is 5.10 Å². The average Bonchev–Trinajstić information content (AvgIpc) is 3.19. The molecule has 0 amide bonds. The van der Waals surface area contributed by atoms with Gasteiger partial charge >= 0.3 is 0 Å². The Morgan fingerprint density at radius 1 is 1.40 bits per heavy atom. The molecule has 1 saturated carbocycles. The summed E-state index contributed by atoms with van der Waals surface area (Å²) in [6.07, 6.45) is 10.9. The molecule has 1 aliphatic carbocycles. The number of ether oxygens (including phenoxy) is 1. The fraction of sp³-hybridized carbons (Fsp3) is 0.467. The fourth-order valence-electron chi connectivity index (χ4n) is 2.06. The molecule has 0 aromatic carbocycles. The van der Waals surface area contributed by atoms with E-state index in [1.807, 2.05) is 16.9 Å². The number of rotatable bonds is 7. The first-order chi connectivity index (χ1) is 9.85. The summed E-state index contributed by atoms with van der Waals surface area (Å²) < 4.78 is 7.80. The van der Waals surface area contributed by atoms with Gasteiger partial charge in [-0.3, -0.25) is 9.67 Å². The lowest BCUT2D eigenvalue weighted by Crippen LogP contribution is -2.15. The van der Waals surface area contributed by atoms with Crippen LogP contribution in [0, 0.1) is 0 Å². The second-order valence-electron chi connectivity index (χ2n) is 5.18. The van der Waals surface area contributed by atoms with E-state index in [1.165, 1.54) is 12.8 Å². The van der Waals surface area contributed by atoms with Crippen molar-refractivity contribution in [1.82, 2.24) is 20.1 Å². The lowest BCUT2D eigenvalue weighted by molar-refractivity contribution is 0.468. The SMILES string of the molecule is CCCn1cc(Oc2cnccc2CNC2CC2)cn1. The van der Waals surface area contributed by atoms with Crippen LogP contribution in [0.15, 0.2) is 30.9 Å². The van der Waals surface area contributed by atoms with Crippen molar-refractivity contribution < 1.29 is 4.74 Å². The molecule has 0 bridgehead atoms. The lowest BCUT2D eigenvalue weighted by Gasteiger charge is -2.09. The maximum atomic E-state index is 5.90. The van der Waals surface area contributed by atoms with Gasteiger partial charge < -0.3 is 10.1 Å². The van der Waals surface area contributed by atoms with E-state index in [-0.39, 0.29) is 0 Å². The summed E-state index contributed by atoms with van der Waals surface area (Å²) in [5.41, 5.74) is 1.13. The Balaban J connectivity index is 1.68. The van der Waals surface area contributed by atoms with Crippen molar-refractivity contribution in [2.45, 2.75) is 45.3 Å². The van der Waals surface area contributed by atoms with Crippen LogP contribution in [0.5, 0.6) is 11.5 Å². The third kappa shape index (κ3) is 3.36. The van der Waals surface area contributed by atoms with Crippen molar-refractivity contribution in [1.29, 1.82) is 0 Å². The van der Waals surface area contributed by atoms with E-state index in [2.05, 4.69) is 22.3 Å². The lowest BCUT2D eigenvalue weighted by atomic mass is 10.2. The largest absolute Gasteiger partial charge is 0.452 e. The molecule has 1 fully saturated rings. The molecule has 106 valence electrons. The summed E-state index contributed by atoms with van der Waals surface area (Å²) >= 11 is 0. The molecule has 1 N–H and O–H groups in total. The highest BCUT2D eigenvalue weighted by Gasteiger charge is 2.20. The molecule has 1 aliphatic rings. The monoisotopic (exact) mass is 272 g/mol.